The highest BCUT2D eigenvalue weighted by molar-refractivity contribution is 4.93. The van der Waals surface area contributed by atoms with Gasteiger partial charge in [0.2, 0.25) is 0 Å². The van der Waals surface area contributed by atoms with Gasteiger partial charge in [-0.15, -0.1) is 0 Å². The highest BCUT2D eigenvalue weighted by atomic mass is 17.5. The molecule has 10 heteroatoms. The van der Waals surface area contributed by atoms with Gasteiger partial charge in [0.15, 0.2) is 6.29 Å². The molecule has 1 heterocycles. The lowest BCUT2D eigenvalue weighted by Gasteiger charge is -2.38. The fourth-order valence-electron chi connectivity index (χ4n) is 1.41. The molecule has 0 saturated carbocycles. The normalized spacial score (nSPS) is 39.1. The van der Waals surface area contributed by atoms with Gasteiger partial charge in [-0.25, -0.2) is 5.26 Å². The standard InChI is InChI=1S/C6H11N3O7/c7-9-8-3-5(15-16-13)4(11)2(1-10)14-6(3)12/h2-6,10-13H,1H2/t2?,3?,4-,5-,6?/m1/s1. The van der Waals surface area contributed by atoms with E-state index in [0.717, 1.165) is 0 Å². The smallest absolute Gasteiger partial charge is 0.166 e. The first-order valence-electron chi connectivity index (χ1n) is 4.29. The molecule has 1 rings (SSSR count). The van der Waals surface area contributed by atoms with Crippen LogP contribution >= 0.6 is 0 Å². The van der Waals surface area contributed by atoms with Gasteiger partial charge < -0.3 is 20.1 Å². The quantitative estimate of drug-likeness (QED) is 0.153. The van der Waals surface area contributed by atoms with Gasteiger partial charge in [-0.3, -0.25) is 0 Å². The first kappa shape index (κ1) is 13.1. The third kappa shape index (κ3) is 2.58. The number of aliphatic hydroxyl groups excluding tert-OH is 3. The number of hydrogen-bond donors (Lipinski definition) is 4. The van der Waals surface area contributed by atoms with E-state index >= 15 is 0 Å². The Balaban J connectivity index is 2.86. The van der Waals surface area contributed by atoms with Crippen molar-refractivity contribution in [2.75, 3.05) is 6.61 Å². The van der Waals surface area contributed by atoms with E-state index in [1.54, 1.807) is 0 Å². The summed E-state index contributed by atoms with van der Waals surface area (Å²) in [4.78, 5) is 6.67. The molecule has 5 atom stereocenters. The Kier molecular flexibility index (Phi) is 4.86. The minimum atomic E-state index is -1.59. The largest absolute Gasteiger partial charge is 0.394 e. The van der Waals surface area contributed by atoms with Gasteiger partial charge in [-0.05, 0) is 5.53 Å². The molecule has 0 aromatic heterocycles. The molecule has 10 nitrogen and oxygen atoms in total. The van der Waals surface area contributed by atoms with E-state index in [-0.39, 0.29) is 0 Å². The van der Waals surface area contributed by atoms with E-state index in [4.69, 9.17) is 20.6 Å². The number of nitrogens with zero attached hydrogens (tertiary/aromatic N) is 3. The lowest BCUT2D eigenvalue weighted by molar-refractivity contribution is -0.520. The number of aliphatic hydroxyl groups is 3. The molecule has 0 radical (unpaired) electrons. The molecule has 3 unspecified atom stereocenters. The third-order valence-corrected chi connectivity index (χ3v) is 2.18. The molecule has 0 aromatic carbocycles. The van der Waals surface area contributed by atoms with Crippen molar-refractivity contribution < 1.29 is 35.2 Å². The van der Waals surface area contributed by atoms with Crippen LogP contribution in [0.25, 0.3) is 10.4 Å². The van der Waals surface area contributed by atoms with Gasteiger partial charge in [0.1, 0.15) is 24.4 Å². The second kappa shape index (κ2) is 5.94. The third-order valence-electron chi connectivity index (χ3n) is 2.18. The molecule has 0 aliphatic carbocycles. The predicted molar refractivity (Wildman–Crippen MR) is 45.5 cm³/mol. The highest BCUT2D eigenvalue weighted by Crippen LogP contribution is 2.24. The molecular formula is C6H11N3O7. The zero-order valence-corrected chi connectivity index (χ0v) is 7.95. The average molecular weight is 237 g/mol. The van der Waals surface area contributed by atoms with E-state index in [2.05, 4.69) is 20.0 Å². The number of rotatable bonds is 4. The van der Waals surface area contributed by atoms with Crippen molar-refractivity contribution in [3.63, 3.8) is 0 Å². The van der Waals surface area contributed by atoms with Crippen molar-refractivity contribution in [2.24, 2.45) is 5.11 Å². The molecule has 0 amide bonds. The van der Waals surface area contributed by atoms with E-state index in [0.29, 0.717) is 0 Å². The monoisotopic (exact) mass is 237 g/mol. The molecule has 1 aliphatic heterocycles. The summed E-state index contributed by atoms with van der Waals surface area (Å²) in [5.41, 5.74) is 8.23. The molecule has 1 saturated heterocycles. The first-order valence-corrected chi connectivity index (χ1v) is 4.29. The summed E-state index contributed by atoms with van der Waals surface area (Å²) < 4.78 is 4.76. The molecular weight excluding hydrogens is 226 g/mol. The second-order valence-electron chi connectivity index (χ2n) is 3.07. The Morgan fingerprint density at radius 2 is 2.12 bits per heavy atom. The zero-order chi connectivity index (χ0) is 12.1. The minimum Gasteiger partial charge on any atom is -0.394 e. The van der Waals surface area contributed by atoms with Crippen LogP contribution in [-0.2, 0) is 14.7 Å². The van der Waals surface area contributed by atoms with E-state index in [1.165, 1.54) is 0 Å². The summed E-state index contributed by atoms with van der Waals surface area (Å²) in [5, 5.41) is 42.4. The van der Waals surface area contributed by atoms with Crippen LogP contribution in [0.4, 0.5) is 0 Å². The van der Waals surface area contributed by atoms with Gasteiger partial charge in [0.05, 0.1) is 6.61 Å². The zero-order valence-electron chi connectivity index (χ0n) is 7.95. The molecule has 92 valence electrons. The van der Waals surface area contributed by atoms with Crippen molar-refractivity contribution in [3.8, 4) is 0 Å². The number of ether oxygens (including phenoxy) is 1. The van der Waals surface area contributed by atoms with Crippen molar-refractivity contribution in [1.82, 2.24) is 0 Å². The highest BCUT2D eigenvalue weighted by Gasteiger charge is 2.46. The Bertz CT molecular complexity index is 271. The molecule has 0 bridgehead atoms. The summed E-state index contributed by atoms with van der Waals surface area (Å²) in [6.07, 6.45) is -5.52. The van der Waals surface area contributed by atoms with Crippen LogP contribution < -0.4 is 0 Å². The molecule has 4 N–H and O–H groups in total. The van der Waals surface area contributed by atoms with Gasteiger partial charge in [-0.2, -0.15) is 4.89 Å². The fraction of sp³-hybridized carbons (Fsp3) is 1.00. The molecule has 0 spiro atoms. The summed E-state index contributed by atoms with van der Waals surface area (Å²) in [7, 11) is 0. The Morgan fingerprint density at radius 1 is 1.44 bits per heavy atom. The van der Waals surface area contributed by atoms with Crippen LogP contribution in [-0.4, -0.2) is 57.8 Å². The van der Waals surface area contributed by atoms with Crippen molar-refractivity contribution >= 4 is 0 Å². The summed E-state index contributed by atoms with van der Waals surface area (Å²) in [6, 6.07) is -1.31. The Labute approximate surface area is 89.1 Å². The van der Waals surface area contributed by atoms with Crippen LogP contribution in [0.1, 0.15) is 0 Å². The van der Waals surface area contributed by atoms with E-state index in [9.17, 15) is 10.2 Å². The van der Waals surface area contributed by atoms with Gasteiger partial charge in [0.25, 0.3) is 0 Å². The molecule has 1 fully saturated rings. The summed E-state index contributed by atoms with van der Waals surface area (Å²) in [6.45, 7) is -0.591. The Morgan fingerprint density at radius 3 is 2.62 bits per heavy atom. The van der Waals surface area contributed by atoms with E-state index < -0.39 is 37.3 Å². The van der Waals surface area contributed by atoms with Crippen molar-refractivity contribution in [2.45, 2.75) is 30.6 Å². The van der Waals surface area contributed by atoms with Gasteiger partial charge in [-0.1, -0.05) is 10.2 Å². The summed E-state index contributed by atoms with van der Waals surface area (Å²) in [5.74, 6) is 0. The molecule has 16 heavy (non-hydrogen) atoms. The van der Waals surface area contributed by atoms with Crippen molar-refractivity contribution in [1.29, 1.82) is 0 Å². The van der Waals surface area contributed by atoms with Crippen LogP contribution in [0, 0.1) is 0 Å². The average Bonchev–Trinajstić information content (AvgIpc) is 2.28. The van der Waals surface area contributed by atoms with Crippen molar-refractivity contribution in [3.05, 3.63) is 10.4 Å². The predicted octanol–water partition coefficient (Wildman–Crippen LogP) is -1.47. The SMILES string of the molecule is [N-]=[N+]=NC1C(O)OC(CO)[C@@H](O)[C@@H]1OOO. The fourth-order valence-corrected chi connectivity index (χ4v) is 1.41. The summed E-state index contributed by atoms with van der Waals surface area (Å²) >= 11 is 0. The topological polar surface area (TPSA) is 157 Å². The lowest BCUT2D eigenvalue weighted by atomic mass is 9.98. The van der Waals surface area contributed by atoms with Crippen LogP contribution in [0.5, 0.6) is 0 Å². The minimum absolute atomic E-state index is 0.591. The number of azide groups is 1. The van der Waals surface area contributed by atoms with Crippen LogP contribution in [0.15, 0.2) is 5.11 Å². The Hall–Kier alpha value is -0.970. The lowest BCUT2D eigenvalue weighted by Crippen LogP contribution is -2.58. The van der Waals surface area contributed by atoms with Gasteiger partial charge >= 0.3 is 0 Å². The molecule has 0 aromatic rings. The second-order valence-corrected chi connectivity index (χ2v) is 3.07. The first-order chi connectivity index (χ1) is 7.65. The van der Waals surface area contributed by atoms with Crippen LogP contribution in [0.2, 0.25) is 0 Å². The van der Waals surface area contributed by atoms with Gasteiger partial charge in [0, 0.05) is 4.91 Å². The maximum absolute atomic E-state index is 9.58. The van der Waals surface area contributed by atoms with Crippen LogP contribution in [0.3, 0.4) is 0 Å². The maximum Gasteiger partial charge on any atom is 0.166 e. The molecule has 1 aliphatic rings. The van der Waals surface area contributed by atoms with E-state index in [1.807, 2.05) is 0 Å². The number of hydrogen-bond acceptors (Lipinski definition) is 8. The maximum atomic E-state index is 9.58.